The molecule has 0 saturated carbocycles. The van der Waals surface area contributed by atoms with Crippen molar-refractivity contribution in [1.29, 1.82) is 0 Å². The van der Waals surface area contributed by atoms with Gasteiger partial charge in [-0.3, -0.25) is 4.79 Å². The standard InChI is InChI=1S/C14H18OS2/c1-9-4-6-12(7-5-9)14(15)13-8-16-10(2)11(3)17-13/h4-7,10-11,13H,8H2,1-3H3. The molecule has 3 atom stereocenters. The molecule has 17 heavy (non-hydrogen) atoms. The average Bonchev–Trinajstić information content (AvgIpc) is 2.33. The highest BCUT2D eigenvalue weighted by atomic mass is 32.2. The molecule has 0 aliphatic carbocycles. The van der Waals surface area contributed by atoms with E-state index in [2.05, 4.69) is 13.8 Å². The molecule has 1 aliphatic heterocycles. The molecule has 0 bridgehead atoms. The van der Waals surface area contributed by atoms with Crippen LogP contribution < -0.4 is 0 Å². The van der Waals surface area contributed by atoms with Gasteiger partial charge in [-0.2, -0.15) is 11.8 Å². The van der Waals surface area contributed by atoms with Crippen molar-refractivity contribution in [2.24, 2.45) is 0 Å². The van der Waals surface area contributed by atoms with Crippen molar-refractivity contribution >= 4 is 29.3 Å². The highest BCUT2D eigenvalue weighted by molar-refractivity contribution is 8.08. The van der Waals surface area contributed by atoms with E-state index < -0.39 is 0 Å². The summed E-state index contributed by atoms with van der Waals surface area (Å²) >= 11 is 3.75. The van der Waals surface area contributed by atoms with Crippen LogP contribution in [-0.4, -0.2) is 27.3 Å². The average molecular weight is 266 g/mol. The zero-order chi connectivity index (χ0) is 12.4. The molecule has 1 aliphatic rings. The van der Waals surface area contributed by atoms with E-state index >= 15 is 0 Å². The van der Waals surface area contributed by atoms with Crippen molar-refractivity contribution in [3.8, 4) is 0 Å². The molecule has 1 aromatic rings. The Balaban J connectivity index is 2.08. The first-order chi connectivity index (χ1) is 8.08. The quantitative estimate of drug-likeness (QED) is 0.758. The number of hydrogen-bond donors (Lipinski definition) is 0. The number of thioether (sulfide) groups is 2. The Hall–Kier alpha value is -0.410. The lowest BCUT2D eigenvalue weighted by molar-refractivity contribution is 0.0995. The monoisotopic (exact) mass is 266 g/mol. The summed E-state index contributed by atoms with van der Waals surface area (Å²) in [5.41, 5.74) is 2.06. The van der Waals surface area contributed by atoms with Crippen molar-refractivity contribution in [1.82, 2.24) is 0 Å². The van der Waals surface area contributed by atoms with E-state index in [0.717, 1.165) is 11.3 Å². The Morgan fingerprint density at radius 1 is 1.18 bits per heavy atom. The maximum absolute atomic E-state index is 12.3. The summed E-state index contributed by atoms with van der Waals surface area (Å²) in [7, 11) is 0. The first-order valence-electron chi connectivity index (χ1n) is 5.96. The molecule has 3 heteroatoms. The molecule has 2 rings (SSSR count). The molecule has 1 nitrogen and oxygen atoms in total. The maximum atomic E-state index is 12.3. The van der Waals surface area contributed by atoms with Crippen LogP contribution >= 0.6 is 23.5 Å². The summed E-state index contributed by atoms with van der Waals surface area (Å²) in [6.07, 6.45) is 0. The van der Waals surface area contributed by atoms with Crippen LogP contribution in [0, 0.1) is 6.92 Å². The Bertz CT molecular complexity index is 399. The molecule has 1 aromatic carbocycles. The summed E-state index contributed by atoms with van der Waals surface area (Å²) in [6, 6.07) is 7.93. The van der Waals surface area contributed by atoms with Crippen molar-refractivity contribution in [3.63, 3.8) is 0 Å². The van der Waals surface area contributed by atoms with Crippen LogP contribution in [0.3, 0.4) is 0 Å². The number of Topliss-reactive ketones (excluding diaryl/α,β-unsaturated/α-hetero) is 1. The largest absolute Gasteiger partial charge is 0.293 e. The highest BCUT2D eigenvalue weighted by Gasteiger charge is 2.30. The van der Waals surface area contributed by atoms with Crippen LogP contribution in [0.4, 0.5) is 0 Å². The Morgan fingerprint density at radius 3 is 2.41 bits per heavy atom. The van der Waals surface area contributed by atoms with Gasteiger partial charge in [0.15, 0.2) is 5.78 Å². The predicted octanol–water partition coefficient (Wildman–Crippen LogP) is 3.80. The fraction of sp³-hybridized carbons (Fsp3) is 0.500. The van der Waals surface area contributed by atoms with Gasteiger partial charge in [-0.05, 0) is 6.92 Å². The SMILES string of the molecule is Cc1ccc(C(=O)C2CSC(C)C(C)S2)cc1. The van der Waals surface area contributed by atoms with E-state index in [4.69, 9.17) is 0 Å². The van der Waals surface area contributed by atoms with Gasteiger partial charge in [-0.1, -0.05) is 43.7 Å². The van der Waals surface area contributed by atoms with Gasteiger partial charge in [-0.25, -0.2) is 0 Å². The second-order valence-electron chi connectivity index (χ2n) is 4.60. The van der Waals surface area contributed by atoms with Crippen molar-refractivity contribution < 1.29 is 4.79 Å². The fourth-order valence-corrected chi connectivity index (χ4v) is 4.70. The van der Waals surface area contributed by atoms with Gasteiger partial charge in [0.05, 0.1) is 5.25 Å². The van der Waals surface area contributed by atoms with Gasteiger partial charge >= 0.3 is 0 Å². The zero-order valence-corrected chi connectivity index (χ0v) is 12.1. The summed E-state index contributed by atoms with van der Waals surface area (Å²) in [5, 5.41) is 1.35. The number of aryl methyl sites for hydroxylation is 1. The number of benzene rings is 1. The molecule has 0 amide bonds. The van der Waals surface area contributed by atoms with E-state index in [1.165, 1.54) is 5.56 Å². The van der Waals surface area contributed by atoms with E-state index in [9.17, 15) is 4.79 Å². The minimum absolute atomic E-state index is 0.133. The summed E-state index contributed by atoms with van der Waals surface area (Å²) in [4.78, 5) is 12.3. The van der Waals surface area contributed by atoms with Crippen LogP contribution in [0.15, 0.2) is 24.3 Å². The molecular formula is C14H18OS2. The van der Waals surface area contributed by atoms with Gasteiger partial charge < -0.3 is 0 Å². The molecule has 92 valence electrons. The van der Waals surface area contributed by atoms with Crippen LogP contribution in [0.25, 0.3) is 0 Å². The first kappa shape index (κ1) is 13.0. The minimum Gasteiger partial charge on any atom is -0.293 e. The van der Waals surface area contributed by atoms with E-state index in [1.807, 2.05) is 54.7 Å². The molecule has 0 N–H and O–H groups in total. The van der Waals surface area contributed by atoms with Gasteiger partial charge in [0, 0.05) is 21.8 Å². The molecule has 1 fully saturated rings. The van der Waals surface area contributed by atoms with Crippen molar-refractivity contribution in [2.75, 3.05) is 5.75 Å². The van der Waals surface area contributed by atoms with Crippen molar-refractivity contribution in [3.05, 3.63) is 35.4 Å². The molecule has 0 spiro atoms. The Kier molecular flexibility index (Phi) is 4.21. The Morgan fingerprint density at radius 2 is 1.82 bits per heavy atom. The van der Waals surface area contributed by atoms with Crippen LogP contribution in [0.2, 0.25) is 0 Å². The second-order valence-corrected chi connectivity index (χ2v) is 7.59. The normalized spacial score (nSPS) is 29.0. The lowest BCUT2D eigenvalue weighted by atomic mass is 10.1. The second kappa shape index (κ2) is 5.49. The molecule has 0 radical (unpaired) electrons. The smallest absolute Gasteiger partial charge is 0.176 e. The van der Waals surface area contributed by atoms with Gasteiger partial charge in [0.25, 0.3) is 0 Å². The number of rotatable bonds is 2. The van der Waals surface area contributed by atoms with E-state index in [1.54, 1.807) is 0 Å². The summed E-state index contributed by atoms with van der Waals surface area (Å²) in [6.45, 7) is 6.51. The number of carbonyl (C=O) groups is 1. The third-order valence-electron chi connectivity index (χ3n) is 3.18. The third-order valence-corrected chi connectivity index (χ3v) is 6.57. The number of ketones is 1. The number of carbonyl (C=O) groups excluding carboxylic acids is 1. The highest BCUT2D eigenvalue weighted by Crippen LogP contribution is 2.36. The van der Waals surface area contributed by atoms with Crippen LogP contribution in [0.1, 0.15) is 29.8 Å². The topological polar surface area (TPSA) is 17.1 Å². The molecular weight excluding hydrogens is 248 g/mol. The van der Waals surface area contributed by atoms with Gasteiger partial charge in [-0.15, -0.1) is 11.8 Å². The van der Waals surface area contributed by atoms with Crippen molar-refractivity contribution in [2.45, 2.75) is 36.5 Å². The fourth-order valence-electron chi connectivity index (χ4n) is 1.82. The molecule has 1 saturated heterocycles. The predicted molar refractivity (Wildman–Crippen MR) is 78.3 cm³/mol. The molecule has 0 aromatic heterocycles. The molecule has 1 heterocycles. The lowest BCUT2D eigenvalue weighted by Crippen LogP contribution is -2.31. The zero-order valence-electron chi connectivity index (χ0n) is 10.5. The van der Waals surface area contributed by atoms with Gasteiger partial charge in [0.1, 0.15) is 0 Å². The van der Waals surface area contributed by atoms with E-state index in [0.29, 0.717) is 16.3 Å². The van der Waals surface area contributed by atoms with Gasteiger partial charge in [0.2, 0.25) is 0 Å². The third kappa shape index (κ3) is 3.08. The van der Waals surface area contributed by atoms with E-state index in [-0.39, 0.29) is 5.25 Å². The minimum atomic E-state index is 0.133. The van der Waals surface area contributed by atoms with Crippen LogP contribution in [0.5, 0.6) is 0 Å². The summed E-state index contributed by atoms with van der Waals surface area (Å²) < 4.78 is 0. The maximum Gasteiger partial charge on any atom is 0.176 e. The number of hydrogen-bond acceptors (Lipinski definition) is 3. The molecule has 3 unspecified atom stereocenters. The van der Waals surface area contributed by atoms with Crippen LogP contribution in [-0.2, 0) is 0 Å². The lowest BCUT2D eigenvalue weighted by Gasteiger charge is -2.30. The first-order valence-corrected chi connectivity index (χ1v) is 7.95. The Labute approximate surface area is 112 Å². The summed E-state index contributed by atoms with van der Waals surface area (Å²) in [5.74, 6) is 1.24.